The number of aryl methyl sites for hydroxylation is 1. The molecule has 1 aliphatic rings. The molecule has 0 unspecified atom stereocenters. The van der Waals surface area contributed by atoms with Gasteiger partial charge in [0.05, 0.1) is 29.0 Å². The van der Waals surface area contributed by atoms with Crippen molar-refractivity contribution in [3.63, 3.8) is 0 Å². The molecule has 0 atom stereocenters. The summed E-state index contributed by atoms with van der Waals surface area (Å²) in [5, 5.41) is 0.660. The molecule has 11 nitrogen and oxygen atoms in total. The molecule has 38 heavy (non-hydrogen) atoms. The molecule has 2 aromatic carbocycles. The van der Waals surface area contributed by atoms with E-state index in [2.05, 4.69) is 15.9 Å². The number of benzene rings is 2. The number of aromatic nitrogens is 1. The highest BCUT2D eigenvalue weighted by molar-refractivity contribution is 9.10. The monoisotopic (exact) mass is 645 g/mol. The van der Waals surface area contributed by atoms with Crippen molar-refractivity contribution < 1.29 is 40.2 Å². The second-order valence-electron chi connectivity index (χ2n) is 8.37. The number of ether oxygens (including phenoxy) is 2. The molecule has 1 aliphatic heterocycles. The van der Waals surface area contributed by atoms with E-state index in [0.29, 0.717) is 28.1 Å². The quantitative estimate of drug-likeness (QED) is 0.260. The van der Waals surface area contributed by atoms with E-state index in [1.807, 2.05) is 27.5 Å². The number of nitrogens with zero attached hydrogens (tertiary/aromatic N) is 2. The van der Waals surface area contributed by atoms with E-state index in [4.69, 9.17) is 9.47 Å². The SMILES string of the molecule is COc1ccc2c(c1)N(CCCS(=O)(=O)[O-])C(=Cc1sc3ccc(Br)cc3[n+]1CCS(=O)(=O)NC(C)=O)O2. The van der Waals surface area contributed by atoms with Gasteiger partial charge in [-0.05, 0) is 30.7 Å². The Morgan fingerprint density at radius 2 is 1.97 bits per heavy atom. The molecule has 1 aromatic heterocycles. The van der Waals surface area contributed by atoms with E-state index in [1.54, 1.807) is 29.2 Å². The lowest BCUT2D eigenvalue weighted by Crippen LogP contribution is -2.42. The lowest BCUT2D eigenvalue weighted by atomic mass is 10.2. The van der Waals surface area contributed by atoms with Gasteiger partial charge < -0.3 is 18.9 Å². The molecule has 0 saturated carbocycles. The number of thiazole rings is 1. The number of amides is 1. The van der Waals surface area contributed by atoms with Crippen LogP contribution in [-0.2, 0) is 31.5 Å². The van der Waals surface area contributed by atoms with Crippen molar-refractivity contribution in [3.8, 4) is 11.5 Å². The maximum atomic E-state index is 12.4. The van der Waals surface area contributed by atoms with Gasteiger partial charge in [-0.25, -0.2) is 16.8 Å². The summed E-state index contributed by atoms with van der Waals surface area (Å²) in [5.41, 5.74) is 1.41. The van der Waals surface area contributed by atoms with E-state index >= 15 is 0 Å². The van der Waals surface area contributed by atoms with Crippen LogP contribution in [0, 0.1) is 0 Å². The van der Waals surface area contributed by atoms with Gasteiger partial charge >= 0.3 is 0 Å². The van der Waals surface area contributed by atoms with Crippen LogP contribution in [0.15, 0.2) is 46.8 Å². The number of halogens is 1. The lowest BCUT2D eigenvalue weighted by Gasteiger charge is -2.18. The third-order valence-electron chi connectivity index (χ3n) is 5.54. The molecular formula is C23H24BrN3O8S3. The van der Waals surface area contributed by atoms with Gasteiger partial charge in [-0.2, -0.15) is 4.57 Å². The number of carbonyl (C=O) groups excluding carboxylic acids is 1. The third-order valence-corrected chi connectivity index (χ3v) is 9.25. The highest BCUT2D eigenvalue weighted by atomic mass is 79.9. The number of carbonyl (C=O) groups is 1. The van der Waals surface area contributed by atoms with Crippen LogP contribution >= 0.6 is 27.3 Å². The topological polar surface area (TPSA) is 146 Å². The van der Waals surface area contributed by atoms with Crippen molar-refractivity contribution >= 4 is 75.3 Å². The van der Waals surface area contributed by atoms with Crippen molar-refractivity contribution in [3.05, 3.63) is 51.8 Å². The van der Waals surface area contributed by atoms with Gasteiger partial charge in [0, 0.05) is 35.8 Å². The van der Waals surface area contributed by atoms with Crippen LogP contribution in [-0.4, -0.2) is 52.5 Å². The Morgan fingerprint density at radius 3 is 2.66 bits per heavy atom. The van der Waals surface area contributed by atoms with Crippen molar-refractivity contribution in [2.45, 2.75) is 19.9 Å². The molecule has 1 N–H and O–H groups in total. The van der Waals surface area contributed by atoms with Crippen LogP contribution in [0.5, 0.6) is 11.5 Å². The smallest absolute Gasteiger partial charge is 0.268 e. The first-order valence-electron chi connectivity index (χ1n) is 11.3. The molecule has 4 rings (SSSR count). The fourth-order valence-electron chi connectivity index (χ4n) is 3.94. The van der Waals surface area contributed by atoms with Crippen LogP contribution in [0.25, 0.3) is 16.3 Å². The number of methoxy groups -OCH3 is 1. The Morgan fingerprint density at radius 1 is 1.21 bits per heavy atom. The average molecular weight is 647 g/mol. The molecule has 0 radical (unpaired) electrons. The minimum Gasteiger partial charge on any atom is -0.748 e. The summed E-state index contributed by atoms with van der Waals surface area (Å²) in [5.74, 6) is -0.0757. The zero-order valence-corrected chi connectivity index (χ0v) is 24.4. The predicted molar refractivity (Wildman–Crippen MR) is 145 cm³/mol. The molecule has 0 aliphatic carbocycles. The molecule has 15 heteroatoms. The normalized spacial score (nSPS) is 14.5. The van der Waals surface area contributed by atoms with Gasteiger partial charge in [-0.3, -0.25) is 9.52 Å². The van der Waals surface area contributed by atoms with E-state index < -0.39 is 31.8 Å². The van der Waals surface area contributed by atoms with Crippen LogP contribution in [0.1, 0.15) is 18.4 Å². The van der Waals surface area contributed by atoms with Gasteiger partial charge in [0.1, 0.15) is 16.2 Å². The molecule has 204 valence electrons. The molecule has 0 bridgehead atoms. The van der Waals surface area contributed by atoms with Crippen molar-refractivity contribution in [1.82, 2.24) is 4.72 Å². The maximum absolute atomic E-state index is 12.4. The molecule has 1 amide bonds. The predicted octanol–water partition coefficient (Wildman–Crippen LogP) is 2.56. The van der Waals surface area contributed by atoms with Crippen LogP contribution < -0.4 is 23.7 Å². The number of hydrogen-bond acceptors (Lipinski definition) is 10. The van der Waals surface area contributed by atoms with Crippen molar-refractivity contribution in [1.29, 1.82) is 0 Å². The number of sulfonamides is 1. The van der Waals surface area contributed by atoms with Crippen LogP contribution in [0.2, 0.25) is 0 Å². The van der Waals surface area contributed by atoms with E-state index in [0.717, 1.165) is 21.6 Å². The third kappa shape index (κ3) is 6.83. The van der Waals surface area contributed by atoms with Crippen LogP contribution in [0.4, 0.5) is 5.69 Å². The first kappa shape index (κ1) is 28.3. The first-order chi connectivity index (χ1) is 17.8. The fourth-order valence-corrected chi connectivity index (χ4v) is 6.83. The van der Waals surface area contributed by atoms with Gasteiger partial charge in [0.25, 0.3) is 5.01 Å². The zero-order chi connectivity index (χ0) is 27.7. The van der Waals surface area contributed by atoms with Gasteiger partial charge in [0.2, 0.25) is 27.3 Å². The number of rotatable bonds is 10. The van der Waals surface area contributed by atoms with Crippen molar-refractivity contribution in [2.75, 3.05) is 30.1 Å². The largest absolute Gasteiger partial charge is 0.748 e. The molecule has 3 aromatic rings. The van der Waals surface area contributed by atoms with Crippen molar-refractivity contribution in [2.24, 2.45) is 0 Å². The first-order valence-corrected chi connectivity index (χ1v) is 16.1. The number of anilines is 1. The maximum Gasteiger partial charge on any atom is 0.268 e. The van der Waals surface area contributed by atoms with Gasteiger partial charge in [-0.1, -0.05) is 27.3 Å². The lowest BCUT2D eigenvalue weighted by molar-refractivity contribution is -0.664. The summed E-state index contributed by atoms with van der Waals surface area (Å²) in [6.45, 7) is 1.36. The van der Waals surface area contributed by atoms with Crippen LogP contribution in [0.3, 0.4) is 0 Å². The van der Waals surface area contributed by atoms with E-state index in [1.165, 1.54) is 18.4 Å². The number of hydrogen-bond donors (Lipinski definition) is 1. The number of nitrogens with one attached hydrogen (secondary N) is 1. The Labute approximate surface area is 232 Å². The Hall–Kier alpha value is -2.72. The summed E-state index contributed by atoms with van der Waals surface area (Å²) >= 11 is 4.86. The summed E-state index contributed by atoms with van der Waals surface area (Å²) in [6, 6.07) is 10.8. The van der Waals surface area contributed by atoms with E-state index in [-0.39, 0.29) is 25.3 Å². The minimum absolute atomic E-state index is 0.0490. The Balaban J connectivity index is 1.75. The Kier molecular flexibility index (Phi) is 8.32. The van der Waals surface area contributed by atoms with Gasteiger partial charge in [0.15, 0.2) is 12.3 Å². The fraction of sp³-hybridized carbons (Fsp3) is 0.304. The highest BCUT2D eigenvalue weighted by Gasteiger charge is 2.30. The Bertz CT molecular complexity index is 1630. The second-order valence-corrected chi connectivity index (χ2v) is 13.7. The van der Waals surface area contributed by atoms with E-state index in [9.17, 15) is 26.2 Å². The summed E-state index contributed by atoms with van der Waals surface area (Å²) in [4.78, 5) is 13.1. The second kappa shape index (κ2) is 11.2. The number of fused-ring (bicyclic) bond motifs is 2. The molecule has 0 fully saturated rings. The molecule has 0 spiro atoms. The summed E-state index contributed by atoms with van der Waals surface area (Å²) in [6.07, 6.45) is 1.80. The zero-order valence-electron chi connectivity index (χ0n) is 20.3. The standard InChI is InChI=1S/C23H24BrN3O8S3/c1-15(28)25-37(29,30)11-9-27-19-12-16(24)4-7-21(19)36-23(27)14-22-26(8-3-10-38(31,32)33)18-13-17(34-2)5-6-20(18)35-22/h4-7,12-14H,3,8-11H2,1-2H3,(H-,25,28,31,32,33). The summed E-state index contributed by atoms with van der Waals surface area (Å²) in [7, 11) is -6.73. The average Bonchev–Trinajstić information content (AvgIpc) is 3.32. The summed E-state index contributed by atoms with van der Waals surface area (Å²) < 4.78 is 75.2. The molecular weight excluding hydrogens is 622 g/mol. The minimum atomic E-state index is -4.40. The molecule has 0 saturated heterocycles. The molecule has 2 heterocycles. The highest BCUT2D eigenvalue weighted by Crippen LogP contribution is 2.42. The van der Waals surface area contributed by atoms with Gasteiger partial charge in [-0.15, -0.1) is 0 Å².